The molecule has 1 aromatic rings. The second-order valence-corrected chi connectivity index (χ2v) is 9.97. The number of hydrogen-bond donors (Lipinski definition) is 1. The first-order valence-electron chi connectivity index (χ1n) is 12.9. The average Bonchev–Trinajstić information content (AvgIpc) is 2.99. The van der Waals surface area contributed by atoms with E-state index in [4.69, 9.17) is 19.3 Å². The third-order valence-corrected chi connectivity index (χ3v) is 7.55. The first-order valence-corrected chi connectivity index (χ1v) is 12.9. The number of nitrogens with zero attached hydrogens (tertiary/aromatic N) is 1. The maximum absolute atomic E-state index is 12.0. The molecule has 3 rings (SSSR count). The van der Waals surface area contributed by atoms with Crippen molar-refractivity contribution >= 4 is 23.9 Å². The Morgan fingerprint density at radius 1 is 0.917 bits per heavy atom. The lowest BCUT2D eigenvalue weighted by molar-refractivity contribution is -0.949. The maximum Gasteiger partial charge on any atom is 0.311 e. The normalized spacial score (nSPS) is 24.7. The third-order valence-electron chi connectivity index (χ3n) is 7.55. The summed E-state index contributed by atoms with van der Waals surface area (Å²) in [6.45, 7) is 4.39. The van der Waals surface area contributed by atoms with Crippen LogP contribution in [0.25, 0.3) is 0 Å². The Bertz CT molecular complexity index is 961. The van der Waals surface area contributed by atoms with Crippen LogP contribution >= 0.6 is 0 Å². The molecule has 1 N–H and O–H groups in total. The van der Waals surface area contributed by atoms with Gasteiger partial charge in [-0.25, -0.2) is 0 Å². The molecule has 0 amide bonds. The molecule has 0 saturated carbocycles. The second-order valence-electron chi connectivity index (χ2n) is 9.97. The van der Waals surface area contributed by atoms with Crippen LogP contribution in [0.1, 0.15) is 77.2 Å². The zero-order valence-corrected chi connectivity index (χ0v) is 21.5. The van der Waals surface area contributed by atoms with E-state index in [0.29, 0.717) is 12.1 Å². The summed E-state index contributed by atoms with van der Waals surface area (Å²) >= 11 is 0. The van der Waals surface area contributed by atoms with E-state index in [2.05, 4.69) is 7.05 Å². The highest BCUT2D eigenvalue weighted by molar-refractivity contribution is 5.77. The molecule has 2 bridgehead atoms. The molecule has 36 heavy (non-hydrogen) atoms. The number of aliphatic carboxylic acids is 1. The number of fused-ring (bicyclic) bond motifs is 2. The van der Waals surface area contributed by atoms with Gasteiger partial charge in [-0.05, 0) is 24.1 Å². The molecule has 0 aromatic heterocycles. The van der Waals surface area contributed by atoms with Crippen molar-refractivity contribution in [2.24, 2.45) is 0 Å². The number of ether oxygens (including phenoxy) is 3. The van der Waals surface area contributed by atoms with Gasteiger partial charge in [0.25, 0.3) is 0 Å². The van der Waals surface area contributed by atoms with E-state index >= 15 is 0 Å². The summed E-state index contributed by atoms with van der Waals surface area (Å²) in [6.07, 6.45) is 5.56. The number of aryl methyl sites for hydroxylation is 1. The van der Waals surface area contributed by atoms with Crippen molar-refractivity contribution in [3.05, 3.63) is 23.8 Å². The van der Waals surface area contributed by atoms with Crippen molar-refractivity contribution in [2.45, 2.75) is 96.2 Å². The van der Waals surface area contributed by atoms with Crippen molar-refractivity contribution in [2.75, 3.05) is 13.6 Å². The Labute approximate surface area is 212 Å². The van der Waals surface area contributed by atoms with Crippen molar-refractivity contribution in [3.8, 4) is 11.5 Å². The first kappa shape index (κ1) is 27.6. The molecule has 9 heteroatoms. The number of quaternary nitrogens is 1. The van der Waals surface area contributed by atoms with E-state index in [-0.39, 0.29) is 55.2 Å². The molecular formula is C27H38NO8+. The predicted molar refractivity (Wildman–Crippen MR) is 130 cm³/mol. The van der Waals surface area contributed by atoms with Gasteiger partial charge in [-0.1, -0.05) is 19.9 Å². The van der Waals surface area contributed by atoms with E-state index in [0.717, 1.165) is 55.1 Å². The average molecular weight is 505 g/mol. The molecule has 0 radical (unpaired) electrons. The molecular weight excluding hydrogens is 466 g/mol. The van der Waals surface area contributed by atoms with Gasteiger partial charge >= 0.3 is 23.9 Å². The largest absolute Gasteiger partial charge is 0.481 e. The Balaban J connectivity index is 1.57. The van der Waals surface area contributed by atoms with Crippen LogP contribution in [0.4, 0.5) is 0 Å². The van der Waals surface area contributed by atoms with Crippen molar-refractivity contribution in [1.82, 2.24) is 0 Å². The lowest BCUT2D eigenvalue weighted by atomic mass is 9.95. The molecule has 2 saturated heterocycles. The molecule has 1 aromatic carbocycles. The molecule has 9 nitrogen and oxygen atoms in total. The minimum Gasteiger partial charge on any atom is -0.481 e. The molecule has 2 fully saturated rings. The second kappa shape index (κ2) is 12.3. The number of carboxylic acid groups (broad SMARTS) is 1. The smallest absolute Gasteiger partial charge is 0.311 e. The van der Waals surface area contributed by atoms with Crippen LogP contribution in [-0.2, 0) is 30.3 Å². The first-order chi connectivity index (χ1) is 17.1. The third kappa shape index (κ3) is 7.06. The fraction of sp³-hybridized carbons (Fsp3) is 0.630. The summed E-state index contributed by atoms with van der Waals surface area (Å²) in [7, 11) is 2.28. The Kier molecular flexibility index (Phi) is 9.48. The van der Waals surface area contributed by atoms with E-state index in [1.807, 2.05) is 6.07 Å². The minimum absolute atomic E-state index is 0.0840. The lowest BCUT2D eigenvalue weighted by Crippen LogP contribution is -2.59. The fourth-order valence-corrected chi connectivity index (χ4v) is 5.49. The summed E-state index contributed by atoms with van der Waals surface area (Å²) in [5.41, 5.74) is 1.01. The van der Waals surface area contributed by atoms with Gasteiger partial charge in [0, 0.05) is 44.9 Å². The number of hydrogen-bond acceptors (Lipinski definition) is 7. The zero-order chi connectivity index (χ0) is 26.3. The summed E-state index contributed by atoms with van der Waals surface area (Å²) < 4.78 is 17.3. The topological polar surface area (TPSA) is 116 Å². The number of benzene rings is 1. The van der Waals surface area contributed by atoms with Crippen LogP contribution in [0, 0.1) is 0 Å². The van der Waals surface area contributed by atoms with Gasteiger partial charge in [0.05, 0.1) is 38.5 Å². The highest BCUT2D eigenvalue weighted by Crippen LogP contribution is 2.42. The predicted octanol–water partition coefficient (Wildman–Crippen LogP) is 3.80. The summed E-state index contributed by atoms with van der Waals surface area (Å²) in [4.78, 5) is 46.3. The molecule has 198 valence electrons. The number of piperidine rings is 1. The maximum atomic E-state index is 12.0. The van der Waals surface area contributed by atoms with Crippen molar-refractivity contribution in [3.63, 3.8) is 0 Å². The van der Waals surface area contributed by atoms with Gasteiger partial charge in [-0.2, -0.15) is 0 Å². The Hall–Kier alpha value is -2.94. The Morgan fingerprint density at radius 3 is 2.11 bits per heavy atom. The fourth-order valence-electron chi connectivity index (χ4n) is 5.49. The molecule has 4 atom stereocenters. The standard InChI is InChI=1S/C27H37NO8/c1-4-25(31)35-22-11-8-18(15-23(22)36-26(32)5-2)7-6-14-28(3)19-9-10-20(28)17-21(16-19)34-27(33)13-12-24(29)30/h8,11,15,19-21H,4-7,9-10,12-14,16-17H2,1-3H3/p+1/t19-,20+,21?,28?. The van der Waals surface area contributed by atoms with Gasteiger partial charge in [0.1, 0.15) is 6.10 Å². The monoisotopic (exact) mass is 504 g/mol. The lowest BCUT2D eigenvalue weighted by Gasteiger charge is -2.47. The minimum atomic E-state index is -0.993. The molecule has 2 unspecified atom stereocenters. The summed E-state index contributed by atoms with van der Waals surface area (Å²) in [6, 6.07) is 6.20. The highest BCUT2D eigenvalue weighted by atomic mass is 16.6. The van der Waals surface area contributed by atoms with Crippen molar-refractivity contribution in [1.29, 1.82) is 0 Å². The molecule has 2 aliphatic heterocycles. The van der Waals surface area contributed by atoms with Gasteiger partial charge in [-0.15, -0.1) is 0 Å². The van der Waals surface area contributed by atoms with Gasteiger partial charge in [0.15, 0.2) is 11.5 Å². The van der Waals surface area contributed by atoms with E-state index in [9.17, 15) is 19.2 Å². The van der Waals surface area contributed by atoms with E-state index in [1.165, 1.54) is 0 Å². The summed E-state index contributed by atoms with van der Waals surface area (Å²) in [5, 5.41) is 8.77. The van der Waals surface area contributed by atoms with Gasteiger partial charge in [-0.3, -0.25) is 19.2 Å². The zero-order valence-electron chi connectivity index (χ0n) is 21.5. The number of rotatable bonds is 12. The number of carbonyl (C=O) groups is 4. The van der Waals surface area contributed by atoms with Gasteiger partial charge in [0.2, 0.25) is 0 Å². The highest BCUT2D eigenvalue weighted by Gasteiger charge is 2.51. The van der Waals surface area contributed by atoms with Crippen LogP contribution in [0.3, 0.4) is 0 Å². The summed E-state index contributed by atoms with van der Waals surface area (Å²) in [5.74, 6) is -1.67. The molecule has 2 aliphatic rings. The van der Waals surface area contributed by atoms with Crippen LogP contribution in [-0.4, -0.2) is 65.2 Å². The van der Waals surface area contributed by atoms with Crippen LogP contribution in [0.2, 0.25) is 0 Å². The van der Waals surface area contributed by atoms with Crippen LogP contribution in [0.15, 0.2) is 18.2 Å². The van der Waals surface area contributed by atoms with Crippen molar-refractivity contribution < 1.29 is 43.0 Å². The SMILES string of the molecule is CCC(=O)Oc1ccc(CCC[N+]2(C)[C@@H]3CC[C@H]2CC(OC(=O)CCC(=O)O)C3)cc1OC(=O)CC. The molecule has 0 aliphatic carbocycles. The van der Waals surface area contributed by atoms with E-state index in [1.54, 1.807) is 26.0 Å². The van der Waals surface area contributed by atoms with Crippen LogP contribution < -0.4 is 9.47 Å². The molecule has 2 heterocycles. The number of carbonyl (C=O) groups excluding carboxylic acids is 3. The van der Waals surface area contributed by atoms with Gasteiger partial charge < -0.3 is 23.8 Å². The number of carboxylic acids is 1. The van der Waals surface area contributed by atoms with Crippen LogP contribution in [0.5, 0.6) is 11.5 Å². The number of esters is 3. The molecule has 0 spiro atoms. The van der Waals surface area contributed by atoms with E-state index < -0.39 is 11.9 Å². The quantitative estimate of drug-likeness (QED) is 0.260. The Morgan fingerprint density at radius 2 is 1.53 bits per heavy atom.